The lowest BCUT2D eigenvalue weighted by atomic mass is 10.0. The fraction of sp³-hybridized carbons (Fsp3) is 0.381. The molecule has 2 aromatic carbocycles. The Bertz CT molecular complexity index is 831. The van der Waals surface area contributed by atoms with Gasteiger partial charge in [0.15, 0.2) is 0 Å². The molecule has 0 unspecified atom stereocenters. The third-order valence-corrected chi connectivity index (χ3v) is 4.78. The van der Waals surface area contributed by atoms with E-state index in [1.807, 2.05) is 0 Å². The minimum Gasteiger partial charge on any atom is -0.486 e. The van der Waals surface area contributed by atoms with Gasteiger partial charge in [-0.2, -0.15) is 13.2 Å². The maximum Gasteiger partial charge on any atom is 0.416 e. The summed E-state index contributed by atoms with van der Waals surface area (Å²) >= 11 is 0. The monoisotopic (exact) mass is 394 g/mol. The molecule has 2 aromatic rings. The van der Waals surface area contributed by atoms with Gasteiger partial charge in [-0.25, -0.2) is 0 Å². The molecule has 0 spiro atoms. The second-order valence-corrected chi connectivity index (χ2v) is 6.63. The quantitative estimate of drug-likeness (QED) is 0.690. The van der Waals surface area contributed by atoms with Gasteiger partial charge in [-0.3, -0.25) is 4.79 Å². The van der Waals surface area contributed by atoms with Crippen LogP contribution in [0.15, 0.2) is 42.5 Å². The summed E-state index contributed by atoms with van der Waals surface area (Å²) in [5, 5.41) is 9.00. The SMILES string of the molecule is CCO[C@H](CC(=O)O)c1ccc(O[C@H]2CCc3c2cccc3C(F)(F)F)cc1. The first-order valence-corrected chi connectivity index (χ1v) is 9.08. The van der Waals surface area contributed by atoms with Gasteiger partial charge in [-0.05, 0) is 54.7 Å². The first-order valence-electron chi connectivity index (χ1n) is 9.08. The van der Waals surface area contributed by atoms with Crippen LogP contribution in [0.25, 0.3) is 0 Å². The van der Waals surface area contributed by atoms with E-state index in [0.717, 1.165) is 6.07 Å². The van der Waals surface area contributed by atoms with Gasteiger partial charge in [0.25, 0.3) is 0 Å². The standard InChI is InChI=1S/C21H21F3O4/c1-2-27-19(12-20(25)26)13-6-8-14(9-7-13)28-18-11-10-15-16(18)4-3-5-17(15)21(22,23)24/h3-9,18-19H,2,10-12H2,1H3,(H,25,26)/t18-,19+/m0/s1. The highest BCUT2D eigenvalue weighted by Crippen LogP contribution is 2.42. The number of carboxylic acids is 1. The number of hydrogen-bond donors (Lipinski definition) is 1. The van der Waals surface area contributed by atoms with Gasteiger partial charge >= 0.3 is 12.1 Å². The molecular weight excluding hydrogens is 373 g/mol. The molecule has 0 saturated heterocycles. The fourth-order valence-corrected chi connectivity index (χ4v) is 3.56. The van der Waals surface area contributed by atoms with E-state index < -0.39 is 29.9 Å². The van der Waals surface area contributed by atoms with E-state index in [-0.39, 0.29) is 6.42 Å². The summed E-state index contributed by atoms with van der Waals surface area (Å²) in [4.78, 5) is 11.0. The minimum absolute atomic E-state index is 0.149. The molecule has 0 amide bonds. The van der Waals surface area contributed by atoms with Gasteiger partial charge in [-0.15, -0.1) is 0 Å². The summed E-state index contributed by atoms with van der Waals surface area (Å²) in [6.45, 7) is 2.18. The Labute approximate surface area is 160 Å². The van der Waals surface area contributed by atoms with Crippen LogP contribution in [0.4, 0.5) is 13.2 Å². The van der Waals surface area contributed by atoms with Crippen molar-refractivity contribution in [3.8, 4) is 5.75 Å². The van der Waals surface area contributed by atoms with Crippen LogP contribution in [0.3, 0.4) is 0 Å². The molecule has 0 saturated carbocycles. The van der Waals surface area contributed by atoms with Crippen molar-refractivity contribution >= 4 is 5.97 Å². The zero-order valence-corrected chi connectivity index (χ0v) is 15.3. The number of rotatable bonds is 7. The van der Waals surface area contributed by atoms with Crippen LogP contribution in [0, 0.1) is 0 Å². The number of fused-ring (bicyclic) bond motifs is 1. The molecule has 4 nitrogen and oxygen atoms in total. The van der Waals surface area contributed by atoms with E-state index in [0.29, 0.717) is 41.9 Å². The van der Waals surface area contributed by atoms with Crippen LogP contribution >= 0.6 is 0 Å². The Hall–Kier alpha value is -2.54. The summed E-state index contributed by atoms with van der Waals surface area (Å²) in [5.74, 6) is -0.439. The van der Waals surface area contributed by atoms with Crippen molar-refractivity contribution in [2.45, 2.75) is 44.6 Å². The molecule has 0 heterocycles. The third kappa shape index (κ3) is 4.47. The lowest BCUT2D eigenvalue weighted by Gasteiger charge is -2.18. The molecule has 0 radical (unpaired) electrons. The Morgan fingerprint density at radius 1 is 1.21 bits per heavy atom. The molecule has 28 heavy (non-hydrogen) atoms. The van der Waals surface area contributed by atoms with E-state index >= 15 is 0 Å². The number of alkyl halides is 3. The lowest BCUT2D eigenvalue weighted by molar-refractivity contribution is -0.140. The molecular formula is C21H21F3O4. The summed E-state index contributed by atoms with van der Waals surface area (Å²) in [6.07, 6.45) is -4.73. The van der Waals surface area contributed by atoms with Crippen molar-refractivity contribution in [2.75, 3.05) is 6.61 Å². The minimum atomic E-state index is -4.37. The second kappa shape index (κ2) is 8.22. The van der Waals surface area contributed by atoms with Crippen LogP contribution in [0.2, 0.25) is 0 Å². The van der Waals surface area contributed by atoms with Crippen molar-refractivity contribution in [3.05, 3.63) is 64.7 Å². The van der Waals surface area contributed by atoms with Crippen LogP contribution in [-0.2, 0) is 22.1 Å². The zero-order chi connectivity index (χ0) is 20.3. The van der Waals surface area contributed by atoms with E-state index in [4.69, 9.17) is 14.6 Å². The van der Waals surface area contributed by atoms with E-state index in [2.05, 4.69) is 0 Å². The smallest absolute Gasteiger partial charge is 0.416 e. The average Bonchev–Trinajstić information content (AvgIpc) is 3.04. The lowest BCUT2D eigenvalue weighted by Crippen LogP contribution is -2.10. The molecule has 1 aliphatic rings. The van der Waals surface area contributed by atoms with E-state index in [9.17, 15) is 18.0 Å². The first kappa shape index (κ1) is 20.2. The van der Waals surface area contributed by atoms with Gasteiger partial charge < -0.3 is 14.6 Å². The van der Waals surface area contributed by atoms with Crippen molar-refractivity contribution in [3.63, 3.8) is 0 Å². The van der Waals surface area contributed by atoms with Crippen molar-refractivity contribution in [1.82, 2.24) is 0 Å². The molecule has 0 fully saturated rings. The molecule has 0 aliphatic heterocycles. The average molecular weight is 394 g/mol. The van der Waals surface area contributed by atoms with Gasteiger partial charge in [-0.1, -0.05) is 24.3 Å². The number of carboxylic acid groups (broad SMARTS) is 1. The van der Waals surface area contributed by atoms with Crippen molar-refractivity contribution in [2.24, 2.45) is 0 Å². The number of halogens is 3. The normalized spacial score (nSPS) is 17.2. The Kier molecular flexibility index (Phi) is 5.93. The van der Waals surface area contributed by atoms with Gasteiger partial charge in [0.05, 0.1) is 18.1 Å². The summed E-state index contributed by atoms with van der Waals surface area (Å²) in [7, 11) is 0. The van der Waals surface area contributed by atoms with Gasteiger partial charge in [0, 0.05) is 6.61 Å². The largest absolute Gasteiger partial charge is 0.486 e. The molecule has 7 heteroatoms. The number of aliphatic carboxylic acids is 1. The fourth-order valence-electron chi connectivity index (χ4n) is 3.56. The van der Waals surface area contributed by atoms with Crippen molar-refractivity contribution in [1.29, 1.82) is 0 Å². The van der Waals surface area contributed by atoms with Gasteiger partial charge in [0.2, 0.25) is 0 Å². The highest BCUT2D eigenvalue weighted by molar-refractivity contribution is 5.67. The predicted molar refractivity (Wildman–Crippen MR) is 96.2 cm³/mol. The number of ether oxygens (including phenoxy) is 2. The highest BCUT2D eigenvalue weighted by Gasteiger charge is 2.37. The highest BCUT2D eigenvalue weighted by atomic mass is 19.4. The number of carbonyl (C=O) groups is 1. The summed E-state index contributed by atoms with van der Waals surface area (Å²) < 4.78 is 50.9. The number of benzene rings is 2. The second-order valence-electron chi connectivity index (χ2n) is 6.63. The Morgan fingerprint density at radius 2 is 1.93 bits per heavy atom. The first-order chi connectivity index (χ1) is 13.3. The topological polar surface area (TPSA) is 55.8 Å². The maximum atomic E-state index is 13.2. The van der Waals surface area contributed by atoms with E-state index in [1.165, 1.54) is 6.07 Å². The Morgan fingerprint density at radius 3 is 2.54 bits per heavy atom. The summed E-state index contributed by atoms with van der Waals surface area (Å²) in [5.41, 5.74) is 0.980. The maximum absolute atomic E-state index is 13.2. The Balaban J connectivity index is 1.75. The zero-order valence-electron chi connectivity index (χ0n) is 15.3. The van der Waals surface area contributed by atoms with E-state index in [1.54, 1.807) is 37.3 Å². The van der Waals surface area contributed by atoms with Crippen LogP contribution < -0.4 is 4.74 Å². The van der Waals surface area contributed by atoms with Crippen molar-refractivity contribution < 1.29 is 32.5 Å². The summed E-state index contributed by atoms with van der Waals surface area (Å²) in [6, 6.07) is 11.0. The molecule has 0 aromatic heterocycles. The molecule has 0 bridgehead atoms. The molecule has 1 N–H and O–H groups in total. The van der Waals surface area contributed by atoms with Crippen LogP contribution in [0.5, 0.6) is 5.75 Å². The number of hydrogen-bond acceptors (Lipinski definition) is 3. The van der Waals surface area contributed by atoms with Gasteiger partial charge in [0.1, 0.15) is 11.9 Å². The third-order valence-electron chi connectivity index (χ3n) is 4.78. The molecule has 3 rings (SSSR count). The molecule has 1 aliphatic carbocycles. The van der Waals surface area contributed by atoms with Crippen LogP contribution in [0.1, 0.15) is 54.2 Å². The molecule has 2 atom stereocenters. The van der Waals surface area contributed by atoms with Crippen LogP contribution in [-0.4, -0.2) is 17.7 Å². The predicted octanol–water partition coefficient (Wildman–Crippen LogP) is 5.32. The molecule has 150 valence electrons.